The fraction of sp³-hybridized carbons (Fsp3) is 0.895. The van der Waals surface area contributed by atoms with Crippen LogP contribution in [0.4, 0.5) is 0 Å². The Bertz CT molecular complexity index is 375. The highest BCUT2D eigenvalue weighted by Gasteiger charge is 2.41. The second kappa shape index (κ2) is 7.65. The first-order valence-corrected chi connectivity index (χ1v) is 8.92. The van der Waals surface area contributed by atoms with E-state index in [-0.39, 0.29) is 0 Å². The fourth-order valence-corrected chi connectivity index (χ4v) is 4.25. The van der Waals surface area contributed by atoms with Crippen LogP contribution in [0.2, 0.25) is 0 Å². The molecule has 1 aliphatic carbocycles. The number of hydrogen-bond donors (Lipinski definition) is 1. The molecule has 3 atom stereocenters. The molecule has 0 unspecified atom stereocenters. The monoisotopic (exact) mass is 291 g/mol. The Hall–Kier alpha value is -0.520. The van der Waals surface area contributed by atoms with Crippen molar-refractivity contribution < 1.29 is 5.11 Å². The quantitative estimate of drug-likeness (QED) is 0.802. The predicted octanol–water partition coefficient (Wildman–Crippen LogP) is 3.69. The zero-order valence-corrected chi connectivity index (χ0v) is 14.2. The molecule has 2 rings (SSSR count). The maximum Gasteiger partial charge on any atom is 0.0789 e. The first-order chi connectivity index (χ1) is 10.0. The molecule has 0 aromatic heterocycles. The summed E-state index contributed by atoms with van der Waals surface area (Å²) in [5.74, 6) is 8.22. The van der Waals surface area contributed by atoms with E-state index in [2.05, 4.69) is 37.5 Å². The molecular formula is C19H33NO. The van der Waals surface area contributed by atoms with Gasteiger partial charge in [-0.3, -0.25) is 4.90 Å². The first-order valence-electron chi connectivity index (χ1n) is 8.92. The van der Waals surface area contributed by atoms with Crippen molar-refractivity contribution in [3.05, 3.63) is 0 Å². The largest absolute Gasteiger partial charge is 0.389 e. The van der Waals surface area contributed by atoms with E-state index in [9.17, 15) is 5.11 Å². The van der Waals surface area contributed by atoms with Crippen LogP contribution in [0.15, 0.2) is 0 Å². The minimum absolute atomic E-state index is 0.415. The van der Waals surface area contributed by atoms with Crippen LogP contribution in [0.5, 0.6) is 0 Å². The molecule has 0 aromatic carbocycles. The van der Waals surface area contributed by atoms with Gasteiger partial charge in [0.05, 0.1) is 12.1 Å². The SMILES string of the molecule is CC(C)[C@@H]1CC[C@@H](C)C[C@@]1(O)CC#CCN1CCCCC1. The fourth-order valence-electron chi connectivity index (χ4n) is 4.25. The molecular weight excluding hydrogens is 258 g/mol. The Morgan fingerprint density at radius 1 is 1.14 bits per heavy atom. The summed E-state index contributed by atoms with van der Waals surface area (Å²) in [6, 6.07) is 0. The number of likely N-dealkylation sites (tertiary alicyclic amines) is 1. The molecule has 1 N–H and O–H groups in total. The molecule has 120 valence electrons. The van der Waals surface area contributed by atoms with Crippen molar-refractivity contribution in [2.24, 2.45) is 17.8 Å². The molecule has 1 saturated heterocycles. The van der Waals surface area contributed by atoms with Crippen LogP contribution in [0.3, 0.4) is 0 Å². The Morgan fingerprint density at radius 3 is 2.52 bits per heavy atom. The Kier molecular flexibility index (Phi) is 6.14. The van der Waals surface area contributed by atoms with Crippen LogP contribution in [-0.4, -0.2) is 35.2 Å². The molecule has 2 fully saturated rings. The first kappa shape index (κ1) is 16.8. The predicted molar refractivity (Wildman–Crippen MR) is 89.0 cm³/mol. The third-order valence-electron chi connectivity index (χ3n) is 5.44. The van der Waals surface area contributed by atoms with Crippen molar-refractivity contribution in [3.8, 4) is 11.8 Å². The minimum Gasteiger partial charge on any atom is -0.389 e. The van der Waals surface area contributed by atoms with Crippen LogP contribution in [0.1, 0.15) is 65.7 Å². The van der Waals surface area contributed by atoms with E-state index in [1.165, 1.54) is 38.8 Å². The van der Waals surface area contributed by atoms with Crippen molar-refractivity contribution in [2.45, 2.75) is 71.3 Å². The molecule has 0 amide bonds. The number of hydrogen-bond acceptors (Lipinski definition) is 2. The minimum atomic E-state index is -0.555. The van der Waals surface area contributed by atoms with Crippen molar-refractivity contribution in [1.29, 1.82) is 0 Å². The summed E-state index contributed by atoms with van der Waals surface area (Å²) in [6.45, 7) is 10.0. The van der Waals surface area contributed by atoms with Crippen LogP contribution in [0.25, 0.3) is 0 Å². The third-order valence-corrected chi connectivity index (χ3v) is 5.44. The molecule has 0 bridgehead atoms. The topological polar surface area (TPSA) is 23.5 Å². The molecule has 1 aliphatic heterocycles. The lowest BCUT2D eigenvalue weighted by Gasteiger charge is -2.44. The van der Waals surface area contributed by atoms with E-state index in [1.54, 1.807) is 0 Å². The van der Waals surface area contributed by atoms with E-state index < -0.39 is 5.60 Å². The van der Waals surface area contributed by atoms with Gasteiger partial charge in [0.15, 0.2) is 0 Å². The zero-order chi connectivity index (χ0) is 15.3. The van der Waals surface area contributed by atoms with E-state index in [0.29, 0.717) is 24.2 Å². The van der Waals surface area contributed by atoms with Gasteiger partial charge in [0.25, 0.3) is 0 Å². The van der Waals surface area contributed by atoms with Gasteiger partial charge in [0, 0.05) is 6.42 Å². The highest BCUT2D eigenvalue weighted by Crippen LogP contribution is 2.42. The average Bonchev–Trinajstić information content (AvgIpc) is 2.44. The highest BCUT2D eigenvalue weighted by molar-refractivity contribution is 5.08. The van der Waals surface area contributed by atoms with E-state index >= 15 is 0 Å². The van der Waals surface area contributed by atoms with Gasteiger partial charge in [0.1, 0.15) is 0 Å². The number of rotatable bonds is 3. The Labute approximate surface area is 131 Å². The van der Waals surface area contributed by atoms with Gasteiger partial charge in [-0.25, -0.2) is 0 Å². The number of aliphatic hydroxyl groups is 1. The van der Waals surface area contributed by atoms with E-state index in [1.807, 2.05) is 0 Å². The molecule has 0 aromatic rings. The highest BCUT2D eigenvalue weighted by atomic mass is 16.3. The van der Waals surface area contributed by atoms with Gasteiger partial charge >= 0.3 is 0 Å². The van der Waals surface area contributed by atoms with Crippen LogP contribution in [0, 0.1) is 29.6 Å². The lowest BCUT2D eigenvalue weighted by molar-refractivity contribution is -0.0760. The maximum atomic E-state index is 11.1. The summed E-state index contributed by atoms with van der Waals surface area (Å²) in [5.41, 5.74) is -0.555. The standard InChI is InChI=1S/C19H33NO/c1-16(2)18-10-9-17(3)15-19(18,21)11-5-8-14-20-12-6-4-7-13-20/h16-18,21H,4,6-7,9-15H2,1-3H3/t17-,18+,19+/m1/s1. The summed E-state index contributed by atoms with van der Waals surface area (Å²) in [7, 11) is 0. The summed E-state index contributed by atoms with van der Waals surface area (Å²) in [5, 5.41) is 11.1. The van der Waals surface area contributed by atoms with Crippen molar-refractivity contribution >= 4 is 0 Å². The van der Waals surface area contributed by atoms with Crippen LogP contribution in [-0.2, 0) is 0 Å². The average molecular weight is 291 g/mol. The summed E-state index contributed by atoms with van der Waals surface area (Å²) in [4.78, 5) is 2.45. The van der Waals surface area contributed by atoms with Crippen molar-refractivity contribution in [1.82, 2.24) is 4.90 Å². The molecule has 2 nitrogen and oxygen atoms in total. The van der Waals surface area contributed by atoms with Gasteiger partial charge in [-0.15, -0.1) is 0 Å². The smallest absolute Gasteiger partial charge is 0.0789 e. The molecule has 2 heteroatoms. The van der Waals surface area contributed by atoms with Gasteiger partial charge in [-0.1, -0.05) is 45.5 Å². The van der Waals surface area contributed by atoms with Gasteiger partial charge < -0.3 is 5.11 Å². The normalized spacial score (nSPS) is 34.5. The molecule has 0 spiro atoms. The second-order valence-corrected chi connectivity index (χ2v) is 7.71. The lowest BCUT2D eigenvalue weighted by Crippen LogP contribution is -2.45. The lowest BCUT2D eigenvalue weighted by atomic mass is 9.66. The zero-order valence-electron chi connectivity index (χ0n) is 14.2. The third kappa shape index (κ3) is 4.73. The second-order valence-electron chi connectivity index (χ2n) is 7.71. The van der Waals surface area contributed by atoms with Gasteiger partial charge in [-0.2, -0.15) is 0 Å². The molecule has 0 radical (unpaired) electrons. The summed E-state index contributed by atoms with van der Waals surface area (Å²) >= 11 is 0. The summed E-state index contributed by atoms with van der Waals surface area (Å²) < 4.78 is 0. The van der Waals surface area contributed by atoms with Crippen LogP contribution >= 0.6 is 0 Å². The van der Waals surface area contributed by atoms with Gasteiger partial charge in [0.2, 0.25) is 0 Å². The van der Waals surface area contributed by atoms with Crippen molar-refractivity contribution in [2.75, 3.05) is 19.6 Å². The molecule has 1 heterocycles. The van der Waals surface area contributed by atoms with Crippen LogP contribution < -0.4 is 0 Å². The van der Waals surface area contributed by atoms with E-state index in [0.717, 1.165) is 19.4 Å². The van der Waals surface area contributed by atoms with E-state index in [4.69, 9.17) is 0 Å². The molecule has 1 saturated carbocycles. The molecule has 2 aliphatic rings. The maximum absolute atomic E-state index is 11.1. The summed E-state index contributed by atoms with van der Waals surface area (Å²) in [6.07, 6.45) is 8.01. The Balaban J connectivity index is 1.89. The van der Waals surface area contributed by atoms with Gasteiger partial charge in [-0.05, 0) is 56.5 Å². The molecule has 21 heavy (non-hydrogen) atoms. The Morgan fingerprint density at radius 2 is 1.86 bits per heavy atom. The van der Waals surface area contributed by atoms with Crippen molar-refractivity contribution in [3.63, 3.8) is 0 Å². The number of nitrogens with zero attached hydrogens (tertiary/aromatic N) is 1. The number of piperidine rings is 1.